The molecule has 5 nitrogen and oxygen atoms in total. The Kier molecular flexibility index (Phi) is 7.24. The van der Waals surface area contributed by atoms with Crippen LogP contribution in [0, 0.1) is 0 Å². The van der Waals surface area contributed by atoms with E-state index in [4.69, 9.17) is 9.98 Å². The maximum atomic E-state index is 12.8. The maximum Gasteiger partial charge on any atom is 0.130 e. The van der Waals surface area contributed by atoms with E-state index < -0.39 is 6.04 Å². The Balaban J connectivity index is 1.41. The van der Waals surface area contributed by atoms with Gasteiger partial charge in [-0.05, 0) is 64.8 Å². The fourth-order valence-electron chi connectivity index (χ4n) is 7.17. The number of rotatable bonds is 4. The van der Waals surface area contributed by atoms with Crippen molar-refractivity contribution in [3.8, 4) is 0 Å². The molecule has 5 aromatic rings. The molecule has 0 aliphatic carbocycles. The largest absolute Gasteiger partial charge is 0.373 e. The molecule has 5 heterocycles. The summed E-state index contributed by atoms with van der Waals surface area (Å²) in [4.78, 5) is 27.2. The van der Waals surface area contributed by atoms with E-state index in [2.05, 4.69) is 113 Å². The van der Waals surface area contributed by atoms with Crippen LogP contribution in [0.4, 0.5) is 0 Å². The molecule has 50 heavy (non-hydrogen) atoms. The monoisotopic (exact) mass is 642 g/mol. The number of benzene rings is 4. The minimum atomic E-state index is -0.489. The van der Waals surface area contributed by atoms with E-state index in [9.17, 15) is 4.79 Å². The van der Waals surface area contributed by atoms with Crippen molar-refractivity contribution in [2.75, 3.05) is 0 Å². The van der Waals surface area contributed by atoms with Gasteiger partial charge in [-0.1, -0.05) is 121 Å². The highest BCUT2D eigenvalue weighted by molar-refractivity contribution is 6.31. The lowest BCUT2D eigenvalue weighted by Crippen LogP contribution is -2.27. The number of H-pyrrole nitrogens is 1. The van der Waals surface area contributed by atoms with Crippen molar-refractivity contribution < 1.29 is 4.79 Å². The van der Waals surface area contributed by atoms with Gasteiger partial charge in [-0.2, -0.15) is 0 Å². The second-order valence-electron chi connectivity index (χ2n) is 12.4. The Hall–Kier alpha value is -6.81. The predicted molar refractivity (Wildman–Crippen MR) is 202 cm³/mol. The SMILES string of the molecule is O=C=C1C=C2NC1/C(c1ccccc1)=C1/C=CC(=N1)/C(c1ccccc1)=c1/cc/c([nH]1)=C(\c1ccccc1)C1=N/C(=C\2c2ccccc2)C=C1. The first-order valence-corrected chi connectivity index (χ1v) is 16.7. The molecule has 4 aliphatic heterocycles. The quantitative estimate of drug-likeness (QED) is 0.210. The van der Waals surface area contributed by atoms with Crippen molar-refractivity contribution >= 4 is 39.7 Å². The molecule has 0 amide bonds. The summed E-state index contributed by atoms with van der Waals surface area (Å²) in [5.41, 5.74) is 12.4. The van der Waals surface area contributed by atoms with Crippen LogP contribution in [0.2, 0.25) is 0 Å². The van der Waals surface area contributed by atoms with Crippen LogP contribution in [0.1, 0.15) is 22.3 Å². The Morgan fingerprint density at radius 2 is 0.960 bits per heavy atom. The van der Waals surface area contributed by atoms with Crippen molar-refractivity contribution in [2.24, 2.45) is 9.98 Å². The molecule has 0 saturated heterocycles. The number of nitrogens with one attached hydrogen (secondary N) is 2. The molecule has 4 aromatic carbocycles. The molecular weight excluding hydrogens is 613 g/mol. The van der Waals surface area contributed by atoms with Gasteiger partial charge >= 0.3 is 0 Å². The second kappa shape index (κ2) is 12.3. The topological polar surface area (TPSA) is 69.6 Å². The molecule has 0 radical (unpaired) electrons. The molecule has 0 saturated carbocycles. The molecule has 1 unspecified atom stereocenters. The molecule has 1 atom stereocenters. The van der Waals surface area contributed by atoms with Gasteiger partial charge in [-0.3, -0.25) is 0 Å². The number of aromatic amines is 1. The van der Waals surface area contributed by atoms with E-state index in [1.165, 1.54) is 0 Å². The number of aromatic nitrogens is 1. The van der Waals surface area contributed by atoms with Crippen molar-refractivity contribution in [1.82, 2.24) is 10.3 Å². The lowest BCUT2D eigenvalue weighted by atomic mass is 9.93. The zero-order valence-corrected chi connectivity index (χ0v) is 27.0. The fraction of sp³-hybridized carbons (Fsp3) is 0.0222. The summed E-state index contributed by atoms with van der Waals surface area (Å²) >= 11 is 0. The van der Waals surface area contributed by atoms with E-state index >= 15 is 0 Å². The zero-order chi connectivity index (χ0) is 33.4. The summed E-state index contributed by atoms with van der Waals surface area (Å²) in [5.74, 6) is 2.27. The smallest absolute Gasteiger partial charge is 0.130 e. The predicted octanol–water partition coefficient (Wildman–Crippen LogP) is 6.88. The van der Waals surface area contributed by atoms with Gasteiger partial charge in [0.1, 0.15) is 5.94 Å². The number of hydrogen-bond donors (Lipinski definition) is 2. The van der Waals surface area contributed by atoms with Gasteiger partial charge in [0.05, 0.1) is 34.4 Å². The van der Waals surface area contributed by atoms with Gasteiger partial charge in [-0.15, -0.1) is 0 Å². The molecule has 9 rings (SSSR count). The third-order valence-electron chi connectivity index (χ3n) is 9.41. The molecule has 0 spiro atoms. The van der Waals surface area contributed by atoms with E-state index in [0.717, 1.165) is 83.8 Å². The van der Waals surface area contributed by atoms with Crippen molar-refractivity contribution in [1.29, 1.82) is 0 Å². The van der Waals surface area contributed by atoms with Crippen LogP contribution in [0.15, 0.2) is 196 Å². The number of aliphatic imine (C=N–C) groups is 2. The minimum Gasteiger partial charge on any atom is -0.373 e. The Morgan fingerprint density at radius 3 is 1.48 bits per heavy atom. The zero-order valence-electron chi connectivity index (χ0n) is 27.0. The lowest BCUT2D eigenvalue weighted by Gasteiger charge is -2.21. The van der Waals surface area contributed by atoms with Crippen LogP contribution >= 0.6 is 0 Å². The molecule has 2 N–H and O–H groups in total. The standard InChI is InChI=1S/C45H30N4O/c50-28-33-27-40-43(31-17-9-3-10-18-31)38-24-23-36(47-38)41(29-13-5-1-6-14-29)34-21-22-35(46-34)42(30-15-7-2-8-16-30)37-25-26-39(48-37)44(45(33)49-40)32-19-11-4-12-20-32/h1-27,45-46,49H/b41-34-,42-35-,43-38-,44-39-. The second-order valence-corrected chi connectivity index (χ2v) is 12.4. The Labute approximate surface area is 289 Å². The highest BCUT2D eigenvalue weighted by atomic mass is 16.1. The van der Waals surface area contributed by atoms with Gasteiger partial charge in [0.2, 0.25) is 0 Å². The normalized spacial score (nSPS) is 22.9. The number of hydrogen-bond acceptors (Lipinski definition) is 4. The molecule has 4 aliphatic rings. The van der Waals surface area contributed by atoms with Crippen molar-refractivity contribution in [3.05, 3.63) is 219 Å². The summed E-state index contributed by atoms with van der Waals surface area (Å²) in [6.45, 7) is 0. The average Bonchev–Trinajstić information content (AvgIpc) is 4.00. The Morgan fingerprint density at radius 1 is 0.500 bits per heavy atom. The third kappa shape index (κ3) is 5.10. The number of carbonyl (C=O) groups excluding carboxylic acids is 1. The molecule has 0 fully saturated rings. The van der Waals surface area contributed by atoms with E-state index in [1.54, 1.807) is 0 Å². The summed E-state index contributed by atoms with van der Waals surface area (Å²) < 4.78 is 0. The number of fused-ring (bicyclic) bond motifs is 6. The first-order chi connectivity index (χ1) is 24.7. The van der Waals surface area contributed by atoms with E-state index in [0.29, 0.717) is 5.57 Å². The summed E-state index contributed by atoms with van der Waals surface area (Å²) in [6, 6.07) is 44.8. The minimum absolute atomic E-state index is 0.489. The molecule has 236 valence electrons. The van der Waals surface area contributed by atoms with Crippen LogP contribution < -0.4 is 16.0 Å². The number of nitrogens with zero attached hydrogens (tertiary/aromatic N) is 2. The molecule has 5 heteroatoms. The maximum absolute atomic E-state index is 12.8. The van der Waals surface area contributed by atoms with E-state index in [-0.39, 0.29) is 0 Å². The van der Waals surface area contributed by atoms with Crippen molar-refractivity contribution in [3.63, 3.8) is 0 Å². The summed E-state index contributed by atoms with van der Waals surface area (Å²) in [5, 5.41) is 5.63. The summed E-state index contributed by atoms with van der Waals surface area (Å²) in [6.07, 6.45) is 10.2. The van der Waals surface area contributed by atoms with Gasteiger partial charge in [0, 0.05) is 38.7 Å². The summed E-state index contributed by atoms with van der Waals surface area (Å²) in [7, 11) is 0. The average molecular weight is 643 g/mol. The number of allylic oxidation sites excluding steroid dienone is 5. The highest BCUT2D eigenvalue weighted by Gasteiger charge is 2.33. The highest BCUT2D eigenvalue weighted by Crippen LogP contribution is 2.39. The van der Waals surface area contributed by atoms with Gasteiger partial charge in [0.15, 0.2) is 0 Å². The van der Waals surface area contributed by atoms with Crippen LogP contribution in [0.3, 0.4) is 0 Å². The van der Waals surface area contributed by atoms with E-state index in [1.807, 2.05) is 66.7 Å². The van der Waals surface area contributed by atoms with Crippen LogP contribution in [0.5, 0.6) is 0 Å². The van der Waals surface area contributed by atoms with Gasteiger partial charge < -0.3 is 10.3 Å². The van der Waals surface area contributed by atoms with Crippen LogP contribution in [0.25, 0.3) is 22.3 Å². The van der Waals surface area contributed by atoms with Crippen LogP contribution in [-0.4, -0.2) is 28.4 Å². The first kappa shape index (κ1) is 29.3. The molecule has 8 bridgehead atoms. The molecule has 1 aromatic heterocycles. The molecular formula is C45H30N4O. The lowest BCUT2D eigenvalue weighted by molar-refractivity contribution is 0.566. The van der Waals surface area contributed by atoms with Crippen LogP contribution in [-0.2, 0) is 4.79 Å². The van der Waals surface area contributed by atoms with Gasteiger partial charge in [0.25, 0.3) is 0 Å². The van der Waals surface area contributed by atoms with Gasteiger partial charge in [-0.25, -0.2) is 14.8 Å². The van der Waals surface area contributed by atoms with Crippen molar-refractivity contribution in [2.45, 2.75) is 6.04 Å². The third-order valence-corrected chi connectivity index (χ3v) is 9.41. The first-order valence-electron chi connectivity index (χ1n) is 16.7. The Bertz CT molecular complexity index is 2570. The fourth-order valence-corrected chi connectivity index (χ4v) is 7.17.